The molecule has 180 valence electrons. The number of ether oxygens (including phenoxy) is 1. The first-order chi connectivity index (χ1) is 17.5. The van der Waals surface area contributed by atoms with E-state index in [4.69, 9.17) is 16.3 Å². The molecule has 0 atom stereocenters. The topological polar surface area (TPSA) is 105 Å². The van der Waals surface area contributed by atoms with Crippen LogP contribution in [0.1, 0.15) is 22.8 Å². The molecule has 0 fully saturated rings. The number of nitrogens with zero attached hydrogens (tertiary/aromatic N) is 2. The van der Waals surface area contributed by atoms with Crippen LogP contribution in [0.5, 0.6) is 5.75 Å². The summed E-state index contributed by atoms with van der Waals surface area (Å²) >= 11 is 6.11. The Morgan fingerprint density at radius 1 is 1.08 bits per heavy atom. The molecule has 3 N–H and O–H groups in total. The fourth-order valence-electron chi connectivity index (χ4n) is 3.89. The molecular weight excluding hydrogens is 478 g/mol. The second kappa shape index (κ2) is 10.1. The Labute approximate surface area is 212 Å². The van der Waals surface area contributed by atoms with Crippen molar-refractivity contribution in [2.24, 2.45) is 0 Å². The van der Waals surface area contributed by atoms with Gasteiger partial charge in [-0.15, -0.1) is 0 Å². The summed E-state index contributed by atoms with van der Waals surface area (Å²) in [6.45, 7) is 2.46. The van der Waals surface area contributed by atoms with Gasteiger partial charge in [-0.05, 0) is 61.5 Å². The maximum Gasteiger partial charge on any atom is 0.255 e. The molecule has 36 heavy (non-hydrogen) atoms. The van der Waals surface area contributed by atoms with Crippen molar-refractivity contribution in [1.82, 2.24) is 9.97 Å². The van der Waals surface area contributed by atoms with Gasteiger partial charge in [0.1, 0.15) is 5.75 Å². The Bertz CT molecular complexity index is 1460. The van der Waals surface area contributed by atoms with Crippen LogP contribution >= 0.6 is 11.6 Å². The van der Waals surface area contributed by atoms with Crippen molar-refractivity contribution >= 4 is 46.4 Å². The molecule has 0 aliphatic carbocycles. The number of aromatic nitrogens is 2. The highest BCUT2D eigenvalue weighted by Gasteiger charge is 2.21. The van der Waals surface area contributed by atoms with E-state index >= 15 is 0 Å². The van der Waals surface area contributed by atoms with Crippen molar-refractivity contribution in [3.63, 3.8) is 0 Å². The van der Waals surface area contributed by atoms with Gasteiger partial charge in [-0.25, -0.2) is 9.97 Å². The number of anilines is 4. The first-order valence-electron chi connectivity index (χ1n) is 11.4. The van der Waals surface area contributed by atoms with Gasteiger partial charge in [-0.2, -0.15) is 0 Å². The third-order valence-corrected chi connectivity index (χ3v) is 5.77. The number of fused-ring (bicyclic) bond motifs is 3. The van der Waals surface area contributed by atoms with Gasteiger partial charge in [-0.3, -0.25) is 9.59 Å². The van der Waals surface area contributed by atoms with Crippen molar-refractivity contribution < 1.29 is 14.3 Å². The summed E-state index contributed by atoms with van der Waals surface area (Å²) in [5.74, 6) is 0.680. The molecular formula is C27H22ClN5O3. The summed E-state index contributed by atoms with van der Waals surface area (Å²) in [7, 11) is 0. The molecule has 5 rings (SSSR count). The maximum absolute atomic E-state index is 12.7. The largest absolute Gasteiger partial charge is 0.494 e. The molecule has 0 spiro atoms. The highest BCUT2D eigenvalue weighted by molar-refractivity contribution is 6.31. The minimum atomic E-state index is -0.232. The number of hydrogen-bond donors (Lipinski definition) is 3. The molecule has 9 heteroatoms. The fourth-order valence-corrected chi connectivity index (χ4v) is 4.06. The SMILES string of the molecule is CCOc1cccc(NC(=O)c2ccc(Nc3ncc4c(n3)-c3ccc(Cl)cc3NC(=O)C4)cc2)c1. The molecule has 1 aromatic heterocycles. The predicted octanol–water partition coefficient (Wildman–Crippen LogP) is 5.69. The van der Waals surface area contributed by atoms with Gasteiger partial charge in [0.2, 0.25) is 11.9 Å². The van der Waals surface area contributed by atoms with Crippen LogP contribution in [-0.4, -0.2) is 28.4 Å². The van der Waals surface area contributed by atoms with Gasteiger partial charge < -0.3 is 20.7 Å². The van der Waals surface area contributed by atoms with Crippen LogP contribution in [0.4, 0.5) is 23.0 Å². The summed E-state index contributed by atoms with van der Waals surface area (Å²) in [6.07, 6.45) is 1.81. The number of carbonyl (C=O) groups is 2. The Morgan fingerprint density at radius 2 is 1.92 bits per heavy atom. The van der Waals surface area contributed by atoms with Crippen LogP contribution < -0.4 is 20.7 Å². The van der Waals surface area contributed by atoms with Crippen LogP contribution in [0.2, 0.25) is 5.02 Å². The van der Waals surface area contributed by atoms with Crippen molar-refractivity contribution in [3.05, 3.63) is 89.1 Å². The molecule has 0 saturated carbocycles. The Morgan fingerprint density at radius 3 is 2.72 bits per heavy atom. The van der Waals surface area contributed by atoms with Crippen molar-refractivity contribution in [3.8, 4) is 17.0 Å². The second-order valence-corrected chi connectivity index (χ2v) is 8.54. The minimum absolute atomic E-state index is 0.153. The standard InChI is InChI=1S/C27H22ClN5O3/c1-2-36-21-5-3-4-20(14-21)30-26(35)16-6-9-19(10-7-16)31-27-29-15-17-12-24(34)32-23-13-18(28)8-11-22(23)25(17)33-27/h3-11,13-15H,2,12H2,1H3,(H,30,35)(H,32,34)(H,29,31,33). The van der Waals surface area contributed by atoms with E-state index in [0.717, 1.165) is 11.1 Å². The zero-order chi connectivity index (χ0) is 25.1. The molecule has 2 amide bonds. The minimum Gasteiger partial charge on any atom is -0.494 e. The molecule has 3 aromatic carbocycles. The Kier molecular flexibility index (Phi) is 6.51. The zero-order valence-electron chi connectivity index (χ0n) is 19.3. The molecule has 8 nitrogen and oxygen atoms in total. The third-order valence-electron chi connectivity index (χ3n) is 5.53. The summed E-state index contributed by atoms with van der Waals surface area (Å²) < 4.78 is 5.48. The Hall–Kier alpha value is -4.43. The van der Waals surface area contributed by atoms with E-state index in [1.807, 2.05) is 25.1 Å². The average molecular weight is 500 g/mol. The van der Waals surface area contributed by atoms with Crippen LogP contribution in [-0.2, 0) is 11.2 Å². The lowest BCUT2D eigenvalue weighted by atomic mass is 10.1. The number of halogens is 1. The molecule has 0 radical (unpaired) electrons. The maximum atomic E-state index is 12.7. The quantitative estimate of drug-likeness (QED) is 0.315. The molecule has 1 aliphatic rings. The second-order valence-electron chi connectivity index (χ2n) is 8.10. The van der Waals surface area contributed by atoms with Crippen molar-refractivity contribution in [1.29, 1.82) is 0 Å². The summed E-state index contributed by atoms with van der Waals surface area (Å²) in [6, 6.07) is 19.5. The van der Waals surface area contributed by atoms with E-state index in [1.54, 1.807) is 54.7 Å². The number of hydrogen-bond acceptors (Lipinski definition) is 6. The number of amides is 2. The summed E-state index contributed by atoms with van der Waals surface area (Å²) in [5.41, 5.74) is 4.62. The molecule has 0 saturated heterocycles. The number of carbonyl (C=O) groups excluding carboxylic acids is 2. The van der Waals surface area contributed by atoms with Gasteiger partial charge in [0.25, 0.3) is 5.91 Å². The van der Waals surface area contributed by atoms with Crippen molar-refractivity contribution in [2.75, 3.05) is 22.6 Å². The first-order valence-corrected chi connectivity index (χ1v) is 11.7. The van der Waals surface area contributed by atoms with Crippen molar-refractivity contribution in [2.45, 2.75) is 13.3 Å². The smallest absolute Gasteiger partial charge is 0.255 e. The van der Waals surface area contributed by atoms with E-state index < -0.39 is 0 Å². The lowest BCUT2D eigenvalue weighted by Gasteiger charge is -2.11. The molecule has 0 bridgehead atoms. The number of rotatable bonds is 6. The van der Waals surface area contributed by atoms with Crippen LogP contribution in [0.15, 0.2) is 72.9 Å². The van der Waals surface area contributed by atoms with Crippen LogP contribution in [0.25, 0.3) is 11.3 Å². The van der Waals surface area contributed by atoms with Crippen LogP contribution in [0, 0.1) is 0 Å². The van der Waals surface area contributed by atoms with E-state index in [1.165, 1.54) is 0 Å². The molecule has 0 unspecified atom stereocenters. The normalized spacial score (nSPS) is 12.0. The molecule has 2 heterocycles. The number of nitrogens with one attached hydrogen (secondary N) is 3. The highest BCUT2D eigenvalue weighted by Crippen LogP contribution is 2.35. The van der Waals surface area contributed by atoms with Gasteiger partial charge in [-0.1, -0.05) is 17.7 Å². The number of benzene rings is 3. The lowest BCUT2D eigenvalue weighted by molar-refractivity contribution is -0.115. The van der Waals surface area contributed by atoms with Gasteiger partial charge in [0, 0.05) is 45.4 Å². The lowest BCUT2D eigenvalue weighted by Crippen LogP contribution is -2.13. The van der Waals surface area contributed by atoms with E-state index in [0.29, 0.717) is 51.6 Å². The highest BCUT2D eigenvalue weighted by atomic mass is 35.5. The predicted molar refractivity (Wildman–Crippen MR) is 140 cm³/mol. The third kappa shape index (κ3) is 5.13. The molecule has 4 aromatic rings. The monoisotopic (exact) mass is 499 g/mol. The zero-order valence-corrected chi connectivity index (χ0v) is 20.1. The molecule has 1 aliphatic heterocycles. The van der Waals surface area contributed by atoms with E-state index in [9.17, 15) is 9.59 Å². The average Bonchev–Trinajstić information content (AvgIpc) is 2.99. The Balaban J connectivity index is 1.33. The van der Waals surface area contributed by atoms with Gasteiger partial charge in [0.15, 0.2) is 0 Å². The van der Waals surface area contributed by atoms with Crippen LogP contribution in [0.3, 0.4) is 0 Å². The van der Waals surface area contributed by atoms with E-state index in [-0.39, 0.29) is 18.2 Å². The first kappa shape index (κ1) is 23.3. The summed E-state index contributed by atoms with van der Waals surface area (Å²) in [4.78, 5) is 34.0. The van der Waals surface area contributed by atoms with E-state index in [2.05, 4.69) is 25.9 Å². The van der Waals surface area contributed by atoms with Gasteiger partial charge >= 0.3 is 0 Å². The fraction of sp³-hybridized carbons (Fsp3) is 0.111. The summed E-state index contributed by atoms with van der Waals surface area (Å²) in [5, 5.41) is 9.43. The van der Waals surface area contributed by atoms with Gasteiger partial charge in [0.05, 0.1) is 24.4 Å².